The molecule has 32 heavy (non-hydrogen) atoms. The summed E-state index contributed by atoms with van der Waals surface area (Å²) < 4.78 is 43.3. The molecule has 0 radical (unpaired) electrons. The molecule has 0 bridgehead atoms. The van der Waals surface area contributed by atoms with Crippen molar-refractivity contribution in [3.8, 4) is 0 Å². The molecule has 0 saturated heterocycles. The Bertz CT molecular complexity index is 1050. The van der Waals surface area contributed by atoms with Crippen molar-refractivity contribution in [1.29, 1.82) is 0 Å². The first kappa shape index (κ1) is 21.0. The van der Waals surface area contributed by atoms with E-state index in [4.69, 9.17) is 4.74 Å². The first-order chi connectivity index (χ1) is 15.3. The lowest BCUT2D eigenvalue weighted by Crippen LogP contribution is -2.35. The highest BCUT2D eigenvalue weighted by atomic mass is 19.4. The summed E-state index contributed by atoms with van der Waals surface area (Å²) in [6.07, 6.45) is -2.98. The van der Waals surface area contributed by atoms with Gasteiger partial charge in [0.05, 0.1) is 6.54 Å². The summed E-state index contributed by atoms with van der Waals surface area (Å²) in [4.78, 5) is 26.0. The van der Waals surface area contributed by atoms with E-state index in [0.717, 1.165) is 24.4 Å². The fraction of sp³-hybridized carbons (Fsp3) is 0.417. The summed E-state index contributed by atoms with van der Waals surface area (Å²) in [6.45, 7) is 1.10. The minimum absolute atomic E-state index is 0.0734. The molecule has 3 atom stereocenters. The van der Waals surface area contributed by atoms with E-state index in [1.807, 2.05) is 6.07 Å². The molecule has 1 N–H and O–H groups in total. The Kier molecular flexibility index (Phi) is 5.20. The van der Waals surface area contributed by atoms with E-state index in [9.17, 15) is 22.8 Å². The molecule has 0 spiro atoms. The molecule has 5 rings (SSSR count). The number of ether oxygens (including phenoxy) is 1. The van der Waals surface area contributed by atoms with E-state index in [1.165, 1.54) is 17.7 Å². The van der Waals surface area contributed by atoms with Crippen LogP contribution in [0.4, 0.5) is 13.2 Å². The fourth-order valence-electron chi connectivity index (χ4n) is 4.32. The van der Waals surface area contributed by atoms with Gasteiger partial charge < -0.3 is 10.1 Å². The second-order valence-corrected chi connectivity index (χ2v) is 8.81. The number of alkyl halides is 3. The zero-order chi connectivity index (χ0) is 22.5. The molecule has 168 valence electrons. The number of nitrogens with one attached hydrogen (secondary N) is 1. The van der Waals surface area contributed by atoms with Gasteiger partial charge in [0.2, 0.25) is 6.23 Å². The highest BCUT2D eigenvalue weighted by molar-refractivity contribution is 5.95. The molecular weight excluding hydrogens is 421 g/mol. The minimum Gasteiger partial charge on any atom is -0.430 e. The van der Waals surface area contributed by atoms with Crippen molar-refractivity contribution in [2.24, 2.45) is 5.92 Å². The summed E-state index contributed by atoms with van der Waals surface area (Å²) in [7, 11) is 0. The number of carbonyl (C=O) groups excluding carboxylic acids is 2. The highest BCUT2D eigenvalue weighted by Crippen LogP contribution is 2.42. The highest BCUT2D eigenvalue weighted by Gasteiger charge is 2.46. The van der Waals surface area contributed by atoms with Crippen LogP contribution in [0.3, 0.4) is 0 Å². The van der Waals surface area contributed by atoms with Gasteiger partial charge in [-0.25, -0.2) is 4.79 Å². The Labute approximate surface area is 183 Å². The molecule has 1 amide bonds. The van der Waals surface area contributed by atoms with E-state index < -0.39 is 24.3 Å². The van der Waals surface area contributed by atoms with Crippen LogP contribution < -0.4 is 5.32 Å². The number of fused-ring (bicyclic) bond motifs is 1. The molecule has 2 fully saturated rings. The fourth-order valence-corrected chi connectivity index (χ4v) is 4.32. The van der Waals surface area contributed by atoms with E-state index >= 15 is 0 Å². The molecule has 1 heterocycles. The largest absolute Gasteiger partial charge is 0.491 e. The normalized spacial score (nSPS) is 24.2. The Morgan fingerprint density at radius 2 is 1.88 bits per heavy atom. The summed E-state index contributed by atoms with van der Waals surface area (Å²) in [5.74, 6) is -1.66. The van der Waals surface area contributed by atoms with E-state index in [-0.39, 0.29) is 6.54 Å². The molecule has 8 heteroatoms. The summed E-state index contributed by atoms with van der Waals surface area (Å²) in [5, 5.41) is 3.57. The molecule has 1 aliphatic heterocycles. The lowest BCUT2D eigenvalue weighted by Gasteiger charge is -2.25. The van der Waals surface area contributed by atoms with Crippen LogP contribution in [0.2, 0.25) is 0 Å². The van der Waals surface area contributed by atoms with Crippen LogP contribution in [-0.4, -0.2) is 35.5 Å². The second-order valence-electron chi connectivity index (χ2n) is 8.81. The zero-order valence-corrected chi connectivity index (χ0v) is 17.3. The van der Waals surface area contributed by atoms with Crippen molar-refractivity contribution in [1.82, 2.24) is 10.2 Å². The first-order valence-electron chi connectivity index (χ1n) is 10.8. The standard InChI is InChI=1S/C24H23F3N2O3/c25-24(26,27)23(31)32-22-18-7-2-1-4-17(18)13-29(22)21(30)16-6-3-5-15(10-16)19-11-20(19)28-12-14-8-9-14/h1-7,10,14,19-20,22,28H,8-9,11-13H2. The van der Waals surface area contributed by atoms with Crippen LogP contribution in [0, 0.1) is 5.92 Å². The van der Waals surface area contributed by atoms with E-state index in [0.29, 0.717) is 28.7 Å². The predicted molar refractivity (Wildman–Crippen MR) is 110 cm³/mol. The molecule has 2 aromatic rings. The smallest absolute Gasteiger partial charge is 0.430 e. The zero-order valence-electron chi connectivity index (χ0n) is 17.3. The van der Waals surface area contributed by atoms with Crippen molar-refractivity contribution < 1.29 is 27.5 Å². The molecular formula is C24H23F3N2O3. The van der Waals surface area contributed by atoms with Gasteiger partial charge in [-0.05, 0) is 55.0 Å². The first-order valence-corrected chi connectivity index (χ1v) is 10.8. The van der Waals surface area contributed by atoms with Gasteiger partial charge in [-0.15, -0.1) is 0 Å². The molecule has 0 aromatic heterocycles. The average Bonchev–Trinajstić information content (AvgIpc) is 3.69. The number of halogens is 3. The Hall–Kier alpha value is -2.87. The van der Waals surface area contributed by atoms with Gasteiger partial charge >= 0.3 is 12.1 Å². The van der Waals surface area contributed by atoms with Gasteiger partial charge in [0.1, 0.15) is 0 Å². The summed E-state index contributed by atoms with van der Waals surface area (Å²) in [6, 6.07) is 14.3. The van der Waals surface area contributed by atoms with Gasteiger partial charge in [-0.1, -0.05) is 36.4 Å². The monoisotopic (exact) mass is 444 g/mol. The average molecular weight is 444 g/mol. The van der Waals surface area contributed by atoms with Crippen LogP contribution in [-0.2, 0) is 16.1 Å². The number of amides is 1. The van der Waals surface area contributed by atoms with Crippen molar-refractivity contribution in [3.05, 3.63) is 70.8 Å². The number of nitrogens with zero attached hydrogens (tertiary/aromatic N) is 1. The van der Waals surface area contributed by atoms with Gasteiger partial charge in [0.15, 0.2) is 0 Å². The molecule has 2 aromatic carbocycles. The maximum atomic E-state index is 13.3. The van der Waals surface area contributed by atoms with Gasteiger partial charge in [0.25, 0.3) is 5.91 Å². The molecule has 5 nitrogen and oxygen atoms in total. The van der Waals surface area contributed by atoms with Crippen LogP contribution >= 0.6 is 0 Å². The lowest BCUT2D eigenvalue weighted by molar-refractivity contribution is -0.211. The number of hydrogen-bond acceptors (Lipinski definition) is 4. The molecule has 3 aliphatic rings. The van der Waals surface area contributed by atoms with Crippen LogP contribution in [0.15, 0.2) is 48.5 Å². The Morgan fingerprint density at radius 3 is 2.62 bits per heavy atom. The number of rotatable bonds is 6. The maximum Gasteiger partial charge on any atom is 0.491 e. The molecule has 3 unspecified atom stereocenters. The van der Waals surface area contributed by atoms with Gasteiger partial charge in [-0.2, -0.15) is 13.2 Å². The third kappa shape index (κ3) is 4.24. The number of carbonyl (C=O) groups is 2. The van der Waals surface area contributed by atoms with Crippen molar-refractivity contribution >= 4 is 11.9 Å². The number of hydrogen-bond donors (Lipinski definition) is 1. The quantitative estimate of drug-likeness (QED) is 0.675. The van der Waals surface area contributed by atoms with Gasteiger partial charge in [-0.3, -0.25) is 9.69 Å². The summed E-state index contributed by atoms with van der Waals surface area (Å²) >= 11 is 0. The van der Waals surface area contributed by atoms with Gasteiger partial charge in [0, 0.05) is 23.1 Å². The Morgan fingerprint density at radius 1 is 1.09 bits per heavy atom. The van der Waals surface area contributed by atoms with Crippen LogP contribution in [0.25, 0.3) is 0 Å². The summed E-state index contributed by atoms with van der Waals surface area (Å²) in [5.41, 5.74) is 2.45. The van der Waals surface area contributed by atoms with Crippen molar-refractivity contribution in [3.63, 3.8) is 0 Å². The Balaban J connectivity index is 1.34. The SMILES string of the molecule is O=C(c1cccc(C2CC2NCC2CC2)c1)N1Cc2ccccc2C1OC(=O)C(F)(F)F. The van der Waals surface area contributed by atoms with Crippen molar-refractivity contribution in [2.45, 2.75) is 50.2 Å². The third-order valence-electron chi connectivity index (χ3n) is 6.37. The van der Waals surface area contributed by atoms with Crippen LogP contribution in [0.5, 0.6) is 0 Å². The topological polar surface area (TPSA) is 58.6 Å². The lowest BCUT2D eigenvalue weighted by atomic mass is 10.1. The van der Waals surface area contributed by atoms with E-state index in [2.05, 4.69) is 5.32 Å². The molecule has 2 aliphatic carbocycles. The minimum atomic E-state index is -5.14. The number of benzene rings is 2. The third-order valence-corrected chi connectivity index (χ3v) is 6.37. The van der Waals surface area contributed by atoms with E-state index in [1.54, 1.807) is 42.5 Å². The molecule has 2 saturated carbocycles. The predicted octanol–water partition coefficient (Wildman–Crippen LogP) is 4.30. The van der Waals surface area contributed by atoms with Crippen molar-refractivity contribution in [2.75, 3.05) is 6.54 Å². The number of esters is 1. The second kappa shape index (κ2) is 7.92. The van der Waals surface area contributed by atoms with Crippen LogP contribution in [0.1, 0.15) is 58.5 Å². The maximum absolute atomic E-state index is 13.3.